The van der Waals surface area contributed by atoms with Gasteiger partial charge in [0.25, 0.3) is 0 Å². The summed E-state index contributed by atoms with van der Waals surface area (Å²) in [6.07, 6.45) is 3.63. The Kier molecular flexibility index (Phi) is 6.01. The quantitative estimate of drug-likeness (QED) is 0.730. The van der Waals surface area contributed by atoms with E-state index in [4.69, 9.17) is 0 Å². The smallest absolute Gasteiger partial charge is 0.230 e. The zero-order chi connectivity index (χ0) is 16.9. The first-order valence-electron chi connectivity index (χ1n) is 8.35. The van der Waals surface area contributed by atoms with Gasteiger partial charge in [0.05, 0.1) is 11.8 Å². The Morgan fingerprint density at radius 2 is 1.92 bits per heavy atom. The third-order valence-corrected chi connectivity index (χ3v) is 5.95. The molecule has 0 radical (unpaired) electrons. The van der Waals surface area contributed by atoms with Crippen molar-refractivity contribution in [3.05, 3.63) is 69.2 Å². The molecule has 0 bridgehead atoms. The minimum Gasteiger partial charge on any atom is -0.349 e. The predicted molar refractivity (Wildman–Crippen MR) is 105 cm³/mol. The van der Waals surface area contributed by atoms with Crippen LogP contribution in [-0.4, -0.2) is 11.7 Å². The van der Waals surface area contributed by atoms with E-state index in [0.29, 0.717) is 5.75 Å². The molecule has 126 valence electrons. The average Bonchev–Trinajstić information content (AvgIpc) is 3.04. The van der Waals surface area contributed by atoms with Crippen molar-refractivity contribution in [2.75, 3.05) is 5.75 Å². The van der Waals surface area contributed by atoms with E-state index >= 15 is 0 Å². The van der Waals surface area contributed by atoms with Gasteiger partial charge >= 0.3 is 0 Å². The number of carbonyl (C=O) groups excluding carboxylic acids is 1. The van der Waals surface area contributed by atoms with E-state index < -0.39 is 0 Å². The van der Waals surface area contributed by atoms with Gasteiger partial charge in [-0.05, 0) is 60.6 Å². The summed E-state index contributed by atoms with van der Waals surface area (Å²) in [4.78, 5) is 12.2. The molecule has 1 aliphatic carbocycles. The monoisotopic (exact) mass is 403 g/mol. The van der Waals surface area contributed by atoms with Crippen molar-refractivity contribution >= 4 is 33.6 Å². The Morgan fingerprint density at radius 3 is 2.71 bits per heavy atom. The number of hydrogen-bond donors (Lipinski definition) is 1. The van der Waals surface area contributed by atoms with E-state index in [-0.39, 0.29) is 11.9 Å². The summed E-state index contributed by atoms with van der Waals surface area (Å²) in [5.41, 5.74) is 5.38. The second kappa shape index (κ2) is 8.21. The minimum atomic E-state index is 0.0664. The summed E-state index contributed by atoms with van der Waals surface area (Å²) in [6.45, 7) is 2.06. The van der Waals surface area contributed by atoms with Crippen molar-refractivity contribution in [2.24, 2.45) is 0 Å². The predicted octanol–water partition coefficient (Wildman–Crippen LogP) is 5.05. The number of halogens is 1. The minimum absolute atomic E-state index is 0.0664. The third-order valence-electron chi connectivity index (χ3n) is 4.42. The second-order valence-corrected chi connectivity index (χ2v) is 8.19. The van der Waals surface area contributed by atoms with E-state index in [1.54, 1.807) is 11.8 Å². The highest BCUT2D eigenvalue weighted by Gasteiger charge is 2.14. The van der Waals surface area contributed by atoms with Crippen LogP contribution in [0.25, 0.3) is 0 Å². The molecule has 1 aliphatic rings. The number of nitrogens with one attached hydrogen (secondary N) is 1. The van der Waals surface area contributed by atoms with Gasteiger partial charge in [0.2, 0.25) is 5.91 Å². The molecule has 0 aromatic heterocycles. The summed E-state index contributed by atoms with van der Waals surface area (Å²) in [5, 5.41) is 3.12. The van der Waals surface area contributed by atoms with Crippen LogP contribution in [0.5, 0.6) is 0 Å². The molecule has 4 heteroatoms. The normalized spacial score (nSPS) is 14.2. The molecule has 2 aromatic rings. The van der Waals surface area contributed by atoms with Crippen molar-refractivity contribution in [3.63, 3.8) is 0 Å². The second-order valence-electron chi connectivity index (χ2n) is 6.29. The van der Waals surface area contributed by atoms with E-state index in [1.165, 1.54) is 41.5 Å². The van der Waals surface area contributed by atoms with Crippen molar-refractivity contribution in [1.29, 1.82) is 0 Å². The first kappa shape index (κ1) is 17.6. The van der Waals surface area contributed by atoms with Crippen LogP contribution in [-0.2, 0) is 23.4 Å². The SMILES string of the molecule is CC(NC(=O)CSCc1ccc(Br)cc1)c1ccc2c(c1)CCC2. The summed E-state index contributed by atoms with van der Waals surface area (Å²) >= 11 is 5.08. The summed E-state index contributed by atoms with van der Waals surface area (Å²) in [6, 6.07) is 15.0. The van der Waals surface area contributed by atoms with E-state index in [9.17, 15) is 4.79 Å². The molecule has 0 aliphatic heterocycles. The van der Waals surface area contributed by atoms with Crippen molar-refractivity contribution < 1.29 is 4.79 Å². The highest BCUT2D eigenvalue weighted by Crippen LogP contribution is 2.25. The van der Waals surface area contributed by atoms with Crippen LogP contribution in [0.4, 0.5) is 0 Å². The maximum Gasteiger partial charge on any atom is 0.230 e. The molecule has 1 N–H and O–H groups in total. The van der Waals surface area contributed by atoms with Gasteiger partial charge in [0, 0.05) is 10.2 Å². The van der Waals surface area contributed by atoms with Gasteiger partial charge < -0.3 is 5.32 Å². The molecule has 0 fully saturated rings. The number of aryl methyl sites for hydroxylation is 2. The Bertz CT molecular complexity index is 714. The van der Waals surface area contributed by atoms with Crippen molar-refractivity contribution in [1.82, 2.24) is 5.32 Å². The van der Waals surface area contributed by atoms with Gasteiger partial charge in [-0.1, -0.05) is 46.3 Å². The fourth-order valence-electron chi connectivity index (χ4n) is 3.07. The molecule has 1 amide bonds. The van der Waals surface area contributed by atoms with Crippen LogP contribution >= 0.6 is 27.7 Å². The molecule has 1 unspecified atom stereocenters. The van der Waals surface area contributed by atoms with Crippen LogP contribution in [0.3, 0.4) is 0 Å². The topological polar surface area (TPSA) is 29.1 Å². The summed E-state index contributed by atoms with van der Waals surface area (Å²) < 4.78 is 1.08. The zero-order valence-electron chi connectivity index (χ0n) is 13.8. The molecule has 0 heterocycles. The summed E-state index contributed by atoms with van der Waals surface area (Å²) in [7, 11) is 0. The standard InChI is InChI=1S/C20H22BrNOS/c1-14(17-8-7-16-3-2-4-18(16)11-17)22-20(23)13-24-12-15-5-9-19(21)10-6-15/h5-11,14H,2-4,12-13H2,1H3,(H,22,23). The van der Waals surface area contributed by atoms with Crippen LogP contribution in [0.15, 0.2) is 46.9 Å². The fourth-order valence-corrected chi connectivity index (χ4v) is 4.13. The summed E-state index contributed by atoms with van der Waals surface area (Å²) in [5.74, 6) is 1.45. The molecule has 24 heavy (non-hydrogen) atoms. The zero-order valence-corrected chi connectivity index (χ0v) is 16.3. The number of benzene rings is 2. The van der Waals surface area contributed by atoms with Crippen molar-refractivity contribution in [3.8, 4) is 0 Å². The van der Waals surface area contributed by atoms with Crippen LogP contribution in [0.2, 0.25) is 0 Å². The van der Waals surface area contributed by atoms with Gasteiger partial charge in [0.1, 0.15) is 0 Å². The van der Waals surface area contributed by atoms with E-state index in [1.807, 2.05) is 12.1 Å². The van der Waals surface area contributed by atoms with Gasteiger partial charge in [-0.2, -0.15) is 0 Å². The van der Waals surface area contributed by atoms with Crippen molar-refractivity contribution in [2.45, 2.75) is 38.0 Å². The lowest BCUT2D eigenvalue weighted by atomic mass is 10.0. The number of hydrogen-bond acceptors (Lipinski definition) is 2. The molecule has 1 atom stereocenters. The van der Waals surface area contributed by atoms with Crippen LogP contribution in [0, 0.1) is 0 Å². The molecular formula is C20H22BrNOS. The van der Waals surface area contributed by atoms with Crippen LogP contribution in [0.1, 0.15) is 41.6 Å². The highest BCUT2D eigenvalue weighted by molar-refractivity contribution is 9.10. The lowest BCUT2D eigenvalue weighted by Gasteiger charge is -2.15. The molecule has 0 saturated heterocycles. The lowest BCUT2D eigenvalue weighted by molar-refractivity contribution is -0.119. The Hall–Kier alpha value is -1.26. The average molecular weight is 404 g/mol. The van der Waals surface area contributed by atoms with Gasteiger partial charge in [-0.15, -0.1) is 11.8 Å². The molecule has 3 rings (SSSR count). The largest absolute Gasteiger partial charge is 0.349 e. The maximum absolute atomic E-state index is 12.2. The van der Waals surface area contributed by atoms with E-state index in [0.717, 1.165) is 10.2 Å². The Balaban J connectivity index is 1.46. The number of thioether (sulfide) groups is 1. The van der Waals surface area contributed by atoms with Gasteiger partial charge in [0.15, 0.2) is 0 Å². The fraction of sp³-hybridized carbons (Fsp3) is 0.350. The van der Waals surface area contributed by atoms with Gasteiger partial charge in [-0.25, -0.2) is 0 Å². The molecular weight excluding hydrogens is 382 g/mol. The van der Waals surface area contributed by atoms with Crippen LogP contribution < -0.4 is 5.32 Å². The van der Waals surface area contributed by atoms with E-state index in [2.05, 4.69) is 58.5 Å². The lowest BCUT2D eigenvalue weighted by Crippen LogP contribution is -2.28. The highest BCUT2D eigenvalue weighted by atomic mass is 79.9. The first-order valence-corrected chi connectivity index (χ1v) is 10.3. The maximum atomic E-state index is 12.2. The third kappa shape index (κ3) is 4.64. The number of carbonyl (C=O) groups is 1. The van der Waals surface area contributed by atoms with Gasteiger partial charge in [-0.3, -0.25) is 4.79 Å². The molecule has 0 spiro atoms. The number of rotatable bonds is 6. The Labute approximate surface area is 156 Å². The molecule has 2 aromatic carbocycles. The Morgan fingerprint density at radius 1 is 1.17 bits per heavy atom. The molecule has 2 nitrogen and oxygen atoms in total. The molecule has 0 saturated carbocycles. The number of amides is 1. The first-order chi connectivity index (χ1) is 11.6. The number of fused-ring (bicyclic) bond motifs is 1.